The molecule has 0 fully saturated rings. The van der Waals surface area contributed by atoms with Crippen molar-refractivity contribution in [1.82, 2.24) is 0 Å². The Morgan fingerprint density at radius 1 is 0.414 bits per heavy atom. The lowest BCUT2D eigenvalue weighted by molar-refractivity contribution is -0.161. The maximum atomic E-state index is 12.9. The summed E-state index contributed by atoms with van der Waals surface area (Å²) in [7, 11) is -4.77. The number of esters is 3. The van der Waals surface area contributed by atoms with Gasteiger partial charge >= 0.3 is 25.7 Å². The highest BCUT2D eigenvalue weighted by atomic mass is 31.2. The second-order valence-electron chi connectivity index (χ2n) is 17.3. The minimum Gasteiger partial charge on any atom is -0.462 e. The lowest BCUT2D eigenvalue weighted by Gasteiger charge is -2.21. The first-order valence-electron chi connectivity index (χ1n) is 26.8. The van der Waals surface area contributed by atoms with Crippen molar-refractivity contribution >= 4 is 25.7 Å². The zero-order valence-corrected chi connectivity index (χ0v) is 44.6. The maximum Gasteiger partial charge on any atom is 0.472 e. The van der Waals surface area contributed by atoms with Gasteiger partial charge in [0.05, 0.1) is 19.8 Å². The number of phosphoric acid groups is 1. The largest absolute Gasteiger partial charge is 0.472 e. The summed E-state index contributed by atoms with van der Waals surface area (Å²) in [5.74, 6) is -1.56. The molecule has 3 unspecified atom stereocenters. The van der Waals surface area contributed by atoms with Crippen LogP contribution in [0.25, 0.3) is 0 Å². The number of phosphoric ester groups is 1. The van der Waals surface area contributed by atoms with Gasteiger partial charge in [-0.05, 0) is 116 Å². The van der Waals surface area contributed by atoms with E-state index in [1.807, 2.05) is 0 Å². The molecule has 12 heteroatoms. The van der Waals surface area contributed by atoms with Gasteiger partial charge in [-0.25, -0.2) is 4.57 Å². The number of hydrogen-bond acceptors (Lipinski definition) is 10. The molecule has 11 nitrogen and oxygen atoms in total. The molecule has 0 bridgehead atoms. The van der Waals surface area contributed by atoms with Gasteiger partial charge in [0.15, 0.2) is 6.10 Å². The van der Waals surface area contributed by atoms with Crippen LogP contribution in [0.2, 0.25) is 0 Å². The highest BCUT2D eigenvalue weighted by Gasteiger charge is 2.28. The highest BCUT2D eigenvalue weighted by Crippen LogP contribution is 2.43. The molecule has 0 saturated heterocycles. The van der Waals surface area contributed by atoms with Crippen molar-refractivity contribution < 1.29 is 52.2 Å². The summed E-state index contributed by atoms with van der Waals surface area (Å²) in [5, 5.41) is 9.78. The number of unbranched alkanes of at least 4 members (excludes halogenated alkanes) is 13. The minimum atomic E-state index is -4.77. The van der Waals surface area contributed by atoms with E-state index >= 15 is 0 Å². The van der Waals surface area contributed by atoms with Crippen molar-refractivity contribution in [3.8, 4) is 0 Å². The summed E-state index contributed by atoms with van der Waals surface area (Å²) in [6, 6.07) is 0. The Kier molecular flexibility index (Phi) is 48.7. The Balaban J connectivity index is 4.84. The molecule has 3 atom stereocenters. The average molecular weight is 999 g/mol. The van der Waals surface area contributed by atoms with Crippen LogP contribution in [0.4, 0.5) is 0 Å². The Morgan fingerprint density at radius 2 is 0.743 bits per heavy atom. The normalized spacial score (nSPS) is 14.3. The topological polar surface area (TPSA) is 155 Å². The van der Waals surface area contributed by atoms with Crippen LogP contribution in [0.3, 0.4) is 0 Å². The number of aliphatic hydroxyl groups excluding tert-OH is 1. The SMILES string of the molecule is CC/C=C\C/C=C\C/C=C\C/C=C\CCCCCCC(=O)OC(COC(=O)CCCCC/C=C\C/C=C\C/C=C\CC)COP(=O)(O)OCC(CO)OC(=O)CCCCCCC/C=C\C/C=C\CCC. The van der Waals surface area contributed by atoms with E-state index in [1.54, 1.807) is 0 Å². The van der Waals surface area contributed by atoms with E-state index in [1.165, 1.54) is 0 Å². The number of hydrogen-bond donors (Lipinski definition) is 2. The van der Waals surface area contributed by atoms with Crippen LogP contribution >= 0.6 is 7.82 Å². The minimum absolute atomic E-state index is 0.126. The molecule has 0 aromatic carbocycles. The molecule has 0 radical (unpaired) electrons. The van der Waals surface area contributed by atoms with E-state index < -0.39 is 57.8 Å². The van der Waals surface area contributed by atoms with Gasteiger partial charge in [0, 0.05) is 19.3 Å². The van der Waals surface area contributed by atoms with Crippen molar-refractivity contribution in [1.29, 1.82) is 0 Å². The van der Waals surface area contributed by atoms with Gasteiger partial charge in [0.1, 0.15) is 12.7 Å². The molecule has 0 spiro atoms. The standard InChI is InChI=1S/C58H95O11P/c1-4-7-10-13-16-19-22-25-26-27-28-31-34-37-40-43-46-49-58(62)69-55(51-65-56(60)47-44-41-38-35-32-29-23-20-17-14-11-8-5-2)53-67-70(63,64)66-52-54(50-59)68-57(61)48-45-42-39-36-33-30-24-21-18-15-12-9-6-3/h7-8,10-12,15-17,19-21,24-26,28-29,31-32,54-55,59H,4-6,9,13-14,18,22-23,27,30,33-53H2,1-3H3,(H,63,64)/b10-7-,11-8-,15-12-,19-16-,20-17-,24-21-,26-25-,31-28-,32-29-. The van der Waals surface area contributed by atoms with Crippen molar-refractivity contribution in [2.24, 2.45) is 0 Å². The van der Waals surface area contributed by atoms with Crippen molar-refractivity contribution in [2.75, 3.05) is 26.4 Å². The van der Waals surface area contributed by atoms with Crippen LogP contribution in [-0.4, -0.2) is 66.5 Å². The van der Waals surface area contributed by atoms with E-state index in [2.05, 4.69) is 130 Å². The summed E-state index contributed by atoms with van der Waals surface area (Å²) in [6.07, 6.45) is 60.6. The molecule has 0 aliphatic carbocycles. The summed E-state index contributed by atoms with van der Waals surface area (Å²) in [4.78, 5) is 48.4. The fourth-order valence-electron chi connectivity index (χ4n) is 6.63. The molecule has 2 N–H and O–H groups in total. The zero-order chi connectivity index (χ0) is 51.3. The fourth-order valence-corrected chi connectivity index (χ4v) is 7.42. The summed E-state index contributed by atoms with van der Waals surface area (Å²) in [6.45, 7) is 4.24. The molecule has 0 aliphatic heterocycles. The molecular weight excluding hydrogens is 904 g/mol. The molecular formula is C58H95O11P. The molecule has 0 rings (SSSR count). The Labute approximate surface area is 425 Å². The quantitative estimate of drug-likeness (QED) is 0.0197. The molecule has 0 aliphatic rings. The first kappa shape index (κ1) is 66.1. The second-order valence-corrected chi connectivity index (χ2v) is 18.7. The molecule has 0 heterocycles. The number of rotatable bonds is 48. The third-order valence-corrected chi connectivity index (χ3v) is 11.6. The number of carbonyl (C=O) groups is 3. The van der Waals surface area contributed by atoms with Gasteiger partial charge in [-0.1, -0.05) is 175 Å². The van der Waals surface area contributed by atoms with E-state index in [9.17, 15) is 28.9 Å². The Hall–Kier alpha value is -3.86. The lowest BCUT2D eigenvalue weighted by atomic mass is 10.1. The highest BCUT2D eigenvalue weighted by molar-refractivity contribution is 7.47. The molecule has 398 valence electrons. The first-order chi connectivity index (χ1) is 34.2. The monoisotopic (exact) mass is 999 g/mol. The predicted octanol–water partition coefficient (Wildman–Crippen LogP) is 15.5. The number of carbonyl (C=O) groups excluding carboxylic acids is 3. The van der Waals surface area contributed by atoms with Gasteiger partial charge in [-0.3, -0.25) is 23.4 Å². The molecule has 70 heavy (non-hydrogen) atoms. The summed E-state index contributed by atoms with van der Waals surface area (Å²) < 4.78 is 39.3. The maximum absolute atomic E-state index is 12.9. The lowest BCUT2D eigenvalue weighted by Crippen LogP contribution is -2.30. The first-order valence-corrected chi connectivity index (χ1v) is 28.3. The van der Waals surface area contributed by atoms with Crippen LogP contribution in [0.5, 0.6) is 0 Å². The van der Waals surface area contributed by atoms with Gasteiger partial charge in [-0.2, -0.15) is 0 Å². The smallest absolute Gasteiger partial charge is 0.462 e. The Bertz CT molecular complexity index is 1590. The van der Waals surface area contributed by atoms with Crippen LogP contribution in [0.15, 0.2) is 109 Å². The van der Waals surface area contributed by atoms with Crippen LogP contribution in [0.1, 0.15) is 201 Å². The number of aliphatic hydroxyl groups is 1. The Morgan fingerprint density at radius 3 is 1.16 bits per heavy atom. The third-order valence-electron chi connectivity index (χ3n) is 10.6. The summed E-state index contributed by atoms with van der Waals surface area (Å²) in [5.41, 5.74) is 0. The van der Waals surface area contributed by atoms with Crippen molar-refractivity contribution in [2.45, 2.75) is 213 Å². The van der Waals surface area contributed by atoms with Gasteiger partial charge in [-0.15, -0.1) is 0 Å². The number of allylic oxidation sites excluding steroid dienone is 18. The molecule has 0 aromatic rings. The fraction of sp³-hybridized carbons (Fsp3) is 0.638. The van der Waals surface area contributed by atoms with Crippen LogP contribution in [0, 0.1) is 0 Å². The second kappa shape index (κ2) is 51.5. The van der Waals surface area contributed by atoms with E-state index in [0.29, 0.717) is 19.3 Å². The van der Waals surface area contributed by atoms with Crippen LogP contribution < -0.4 is 0 Å². The average Bonchev–Trinajstić information content (AvgIpc) is 3.35. The zero-order valence-electron chi connectivity index (χ0n) is 43.7. The van der Waals surface area contributed by atoms with Crippen molar-refractivity contribution in [3.63, 3.8) is 0 Å². The van der Waals surface area contributed by atoms with Gasteiger partial charge in [0.2, 0.25) is 0 Å². The van der Waals surface area contributed by atoms with E-state index in [-0.39, 0.29) is 25.9 Å². The van der Waals surface area contributed by atoms with E-state index in [4.69, 9.17) is 23.3 Å². The summed E-state index contributed by atoms with van der Waals surface area (Å²) >= 11 is 0. The number of ether oxygens (including phenoxy) is 3. The van der Waals surface area contributed by atoms with E-state index in [0.717, 1.165) is 141 Å². The molecule has 0 aromatic heterocycles. The molecule has 0 amide bonds. The van der Waals surface area contributed by atoms with Crippen LogP contribution in [-0.2, 0) is 42.2 Å². The van der Waals surface area contributed by atoms with Gasteiger partial charge in [0.25, 0.3) is 0 Å². The third kappa shape index (κ3) is 49.1. The van der Waals surface area contributed by atoms with Crippen molar-refractivity contribution in [3.05, 3.63) is 109 Å². The predicted molar refractivity (Wildman–Crippen MR) is 288 cm³/mol. The van der Waals surface area contributed by atoms with Gasteiger partial charge < -0.3 is 24.2 Å². The molecule has 0 saturated carbocycles.